The molecule has 0 amide bonds. The number of hydrogen-bond donors (Lipinski definition) is 2. The molecule has 2 rings (SSSR count). The van der Waals surface area contributed by atoms with Crippen LogP contribution in [-0.4, -0.2) is 31.6 Å². The Morgan fingerprint density at radius 2 is 1.92 bits per heavy atom. The first kappa shape index (κ1) is 21.8. The quantitative estimate of drug-likeness (QED) is 0.269. The van der Waals surface area contributed by atoms with Crippen molar-refractivity contribution in [1.29, 1.82) is 0 Å². The Morgan fingerprint density at radius 3 is 2.60 bits per heavy atom. The Balaban J connectivity index is 0.00000312. The van der Waals surface area contributed by atoms with E-state index >= 15 is 0 Å². The molecule has 0 radical (unpaired) electrons. The number of nitrogens with zero attached hydrogens (tertiary/aromatic N) is 1. The van der Waals surface area contributed by atoms with E-state index in [0.717, 1.165) is 12.8 Å². The first-order chi connectivity index (χ1) is 11.4. The van der Waals surface area contributed by atoms with Crippen molar-refractivity contribution in [3.63, 3.8) is 0 Å². The number of halogens is 4. The molecule has 3 N–H and O–H groups in total. The molecule has 0 aromatic heterocycles. The van der Waals surface area contributed by atoms with Gasteiger partial charge in [-0.2, -0.15) is 0 Å². The predicted octanol–water partition coefficient (Wildman–Crippen LogP) is 4.28. The van der Waals surface area contributed by atoms with Crippen molar-refractivity contribution in [2.45, 2.75) is 44.6 Å². The van der Waals surface area contributed by atoms with Gasteiger partial charge in [-0.1, -0.05) is 25.0 Å². The molecule has 1 aromatic rings. The van der Waals surface area contributed by atoms with Crippen LogP contribution in [0.1, 0.15) is 32.1 Å². The van der Waals surface area contributed by atoms with Gasteiger partial charge in [0.1, 0.15) is 0 Å². The maximum Gasteiger partial charge on any atom is 0.573 e. The van der Waals surface area contributed by atoms with Crippen molar-refractivity contribution in [3.05, 3.63) is 24.3 Å². The number of anilines is 1. The third kappa shape index (κ3) is 8.61. The molecule has 1 aliphatic carbocycles. The van der Waals surface area contributed by atoms with Crippen LogP contribution < -0.4 is 15.8 Å². The Hall–Kier alpha value is -1.23. The van der Waals surface area contributed by atoms with Gasteiger partial charge in [0, 0.05) is 13.2 Å². The van der Waals surface area contributed by atoms with Gasteiger partial charge in [-0.3, -0.25) is 4.99 Å². The lowest BCUT2D eigenvalue weighted by Crippen LogP contribution is -2.24. The average molecular weight is 473 g/mol. The van der Waals surface area contributed by atoms with Gasteiger partial charge in [0.2, 0.25) is 0 Å². The van der Waals surface area contributed by atoms with Gasteiger partial charge >= 0.3 is 6.36 Å². The van der Waals surface area contributed by atoms with Crippen molar-refractivity contribution in [3.8, 4) is 5.75 Å². The summed E-state index contributed by atoms with van der Waals surface area (Å²) in [6, 6.07) is 5.67. The molecule has 1 fully saturated rings. The fourth-order valence-corrected chi connectivity index (χ4v) is 2.53. The molecule has 1 saturated carbocycles. The number of nitrogens with one attached hydrogen (secondary N) is 1. The lowest BCUT2D eigenvalue weighted by molar-refractivity contribution is -0.274. The highest BCUT2D eigenvalue weighted by atomic mass is 127. The van der Waals surface area contributed by atoms with E-state index in [1.807, 2.05) is 0 Å². The second-order valence-corrected chi connectivity index (χ2v) is 5.57. The average Bonchev–Trinajstić information content (AvgIpc) is 3.01. The van der Waals surface area contributed by atoms with Crippen LogP contribution in [0.5, 0.6) is 5.75 Å². The van der Waals surface area contributed by atoms with Gasteiger partial charge in [-0.05, 0) is 31.4 Å². The number of aliphatic imine (C=N–C) groups is 1. The van der Waals surface area contributed by atoms with E-state index in [0.29, 0.717) is 25.7 Å². The SMILES string of the molecule is I.NC(=NCCCOC1CCCC1)Nc1ccccc1OC(F)(F)F. The van der Waals surface area contributed by atoms with E-state index in [4.69, 9.17) is 10.5 Å². The van der Waals surface area contributed by atoms with Crippen molar-refractivity contribution in [2.75, 3.05) is 18.5 Å². The number of nitrogens with two attached hydrogens (primary N) is 1. The summed E-state index contributed by atoms with van der Waals surface area (Å²) in [6.45, 7) is 1.04. The van der Waals surface area contributed by atoms with Gasteiger partial charge < -0.3 is 20.5 Å². The molecule has 1 aromatic carbocycles. The Morgan fingerprint density at radius 1 is 1.24 bits per heavy atom. The second kappa shape index (κ2) is 10.7. The topological polar surface area (TPSA) is 68.9 Å². The summed E-state index contributed by atoms with van der Waals surface area (Å²) in [6.07, 6.45) is 0.973. The van der Waals surface area contributed by atoms with E-state index in [1.54, 1.807) is 6.07 Å². The molecule has 0 heterocycles. The number of rotatable bonds is 7. The van der Waals surface area contributed by atoms with E-state index < -0.39 is 6.36 Å². The number of guanidine groups is 1. The molecule has 0 bridgehead atoms. The van der Waals surface area contributed by atoms with E-state index in [-0.39, 0.29) is 41.4 Å². The molecule has 0 saturated heterocycles. The summed E-state index contributed by atoms with van der Waals surface area (Å²) in [4.78, 5) is 4.09. The lowest BCUT2D eigenvalue weighted by Gasteiger charge is -2.14. The number of alkyl halides is 3. The first-order valence-electron chi connectivity index (χ1n) is 7.97. The van der Waals surface area contributed by atoms with Crippen LogP contribution in [0, 0.1) is 0 Å². The maximum absolute atomic E-state index is 12.3. The zero-order valence-electron chi connectivity index (χ0n) is 13.7. The molecular formula is C16H23F3IN3O2. The summed E-state index contributed by atoms with van der Waals surface area (Å²) in [5, 5.41) is 2.63. The first-order valence-corrected chi connectivity index (χ1v) is 7.97. The molecule has 0 atom stereocenters. The number of para-hydroxylation sites is 2. The van der Waals surface area contributed by atoms with Crippen LogP contribution >= 0.6 is 24.0 Å². The molecule has 0 spiro atoms. The highest BCUT2D eigenvalue weighted by Gasteiger charge is 2.32. The summed E-state index contributed by atoms with van der Waals surface area (Å²) in [5.41, 5.74) is 5.81. The Kier molecular flexibility index (Phi) is 9.33. The normalized spacial score (nSPS) is 15.7. The molecule has 0 unspecified atom stereocenters. The van der Waals surface area contributed by atoms with Crippen LogP contribution in [0.2, 0.25) is 0 Å². The third-order valence-electron chi connectivity index (χ3n) is 3.62. The van der Waals surface area contributed by atoms with E-state index in [1.165, 1.54) is 31.0 Å². The zero-order chi connectivity index (χ0) is 17.4. The van der Waals surface area contributed by atoms with Crippen LogP contribution in [0.4, 0.5) is 18.9 Å². The highest BCUT2D eigenvalue weighted by molar-refractivity contribution is 14.0. The zero-order valence-corrected chi connectivity index (χ0v) is 16.1. The van der Waals surface area contributed by atoms with Crippen molar-refractivity contribution >= 4 is 35.6 Å². The van der Waals surface area contributed by atoms with Crippen molar-refractivity contribution in [2.24, 2.45) is 10.7 Å². The standard InChI is InChI=1S/C16H22F3N3O2.HI/c17-16(18,19)24-14-9-4-3-8-13(14)22-15(20)21-10-5-11-23-12-6-1-2-7-12;/h3-4,8-9,12H,1-2,5-7,10-11H2,(H3,20,21,22);1H. The number of benzene rings is 1. The minimum absolute atomic E-state index is 0. The van der Waals surface area contributed by atoms with E-state index in [9.17, 15) is 13.2 Å². The fourth-order valence-electron chi connectivity index (χ4n) is 2.53. The van der Waals surface area contributed by atoms with Crippen molar-refractivity contribution < 1.29 is 22.6 Å². The second-order valence-electron chi connectivity index (χ2n) is 5.57. The van der Waals surface area contributed by atoms with Gasteiger partial charge in [0.25, 0.3) is 0 Å². The summed E-state index contributed by atoms with van der Waals surface area (Å²) < 4.78 is 46.7. The molecular weight excluding hydrogens is 450 g/mol. The molecule has 0 aliphatic heterocycles. The van der Waals surface area contributed by atoms with Gasteiger partial charge in [-0.15, -0.1) is 37.1 Å². The molecule has 25 heavy (non-hydrogen) atoms. The fraction of sp³-hybridized carbons (Fsp3) is 0.562. The summed E-state index contributed by atoms with van der Waals surface area (Å²) >= 11 is 0. The van der Waals surface area contributed by atoms with Gasteiger partial charge in [0.15, 0.2) is 11.7 Å². The smallest absolute Gasteiger partial charge is 0.404 e. The van der Waals surface area contributed by atoms with Gasteiger partial charge in [0.05, 0.1) is 11.8 Å². The lowest BCUT2D eigenvalue weighted by atomic mass is 10.3. The van der Waals surface area contributed by atoms with Crippen LogP contribution in [0.25, 0.3) is 0 Å². The maximum atomic E-state index is 12.3. The molecule has 142 valence electrons. The predicted molar refractivity (Wildman–Crippen MR) is 101 cm³/mol. The number of hydrogen-bond acceptors (Lipinski definition) is 3. The monoisotopic (exact) mass is 473 g/mol. The van der Waals surface area contributed by atoms with Gasteiger partial charge in [-0.25, -0.2) is 0 Å². The Labute approximate surface area is 162 Å². The number of ether oxygens (including phenoxy) is 2. The Bertz CT molecular complexity index is 550. The van der Waals surface area contributed by atoms with Crippen LogP contribution in [-0.2, 0) is 4.74 Å². The largest absolute Gasteiger partial charge is 0.573 e. The van der Waals surface area contributed by atoms with Crippen LogP contribution in [0.15, 0.2) is 29.3 Å². The van der Waals surface area contributed by atoms with Crippen molar-refractivity contribution in [1.82, 2.24) is 0 Å². The minimum Gasteiger partial charge on any atom is -0.404 e. The third-order valence-corrected chi connectivity index (χ3v) is 3.62. The summed E-state index contributed by atoms with van der Waals surface area (Å²) in [5.74, 6) is -0.318. The molecule has 5 nitrogen and oxygen atoms in total. The molecule has 9 heteroatoms. The highest BCUT2D eigenvalue weighted by Crippen LogP contribution is 2.29. The van der Waals surface area contributed by atoms with E-state index in [2.05, 4.69) is 15.0 Å². The minimum atomic E-state index is -4.76. The van der Waals surface area contributed by atoms with Crippen LogP contribution in [0.3, 0.4) is 0 Å². The molecule has 1 aliphatic rings. The summed E-state index contributed by atoms with van der Waals surface area (Å²) in [7, 11) is 0.